The molecule has 22 heavy (non-hydrogen) atoms. The van der Waals surface area contributed by atoms with Gasteiger partial charge in [-0.25, -0.2) is 0 Å². The summed E-state index contributed by atoms with van der Waals surface area (Å²) < 4.78 is 0. The van der Waals surface area contributed by atoms with Crippen LogP contribution in [0.3, 0.4) is 0 Å². The van der Waals surface area contributed by atoms with Crippen LogP contribution in [0.25, 0.3) is 32.7 Å². The summed E-state index contributed by atoms with van der Waals surface area (Å²) in [6.07, 6.45) is 3.41. The van der Waals surface area contributed by atoms with Gasteiger partial charge in [0, 0.05) is 40.6 Å². The molecule has 0 aromatic heterocycles. The molecule has 0 saturated carbocycles. The predicted molar refractivity (Wildman–Crippen MR) is 94.0 cm³/mol. The van der Waals surface area contributed by atoms with Gasteiger partial charge in [0.15, 0.2) is 0 Å². The van der Waals surface area contributed by atoms with E-state index in [2.05, 4.69) is 79.2 Å². The molecule has 0 bridgehead atoms. The van der Waals surface area contributed by atoms with Gasteiger partial charge in [-0.15, -0.1) is 0 Å². The van der Waals surface area contributed by atoms with E-state index in [1.807, 2.05) is 0 Å². The van der Waals surface area contributed by atoms with E-state index in [9.17, 15) is 0 Å². The Morgan fingerprint density at radius 3 is 2.00 bits per heavy atom. The van der Waals surface area contributed by atoms with Crippen molar-refractivity contribution >= 4 is 21.5 Å². The third-order valence-corrected chi connectivity index (χ3v) is 4.79. The molecule has 0 fully saturated rings. The van der Waals surface area contributed by atoms with Crippen LogP contribution < -0.4 is 0 Å². The van der Waals surface area contributed by atoms with Crippen LogP contribution in [0.5, 0.6) is 0 Å². The smallest absolute Gasteiger partial charge is 0.0618 e. The molecule has 0 amide bonds. The molecule has 102 valence electrons. The van der Waals surface area contributed by atoms with E-state index in [4.69, 9.17) is 0 Å². The van der Waals surface area contributed by atoms with Gasteiger partial charge < -0.3 is 0 Å². The third kappa shape index (κ3) is 1.50. The molecule has 0 nitrogen and oxygen atoms in total. The fraction of sp³-hybridized carbons (Fsp3) is 0.0455. The first-order valence-electron chi connectivity index (χ1n) is 7.78. The summed E-state index contributed by atoms with van der Waals surface area (Å²) >= 11 is 0. The lowest BCUT2D eigenvalue weighted by Gasteiger charge is -2.17. The quantitative estimate of drug-likeness (QED) is 0.283. The maximum Gasteiger partial charge on any atom is 0.146 e. The molecule has 0 heteroatoms. The maximum atomic E-state index is 2.40. The average molecular weight is 279 g/mol. The minimum absolute atomic E-state index is 1.02. The van der Waals surface area contributed by atoms with E-state index >= 15 is 0 Å². The largest absolute Gasteiger partial charge is 0.146 e. The Morgan fingerprint density at radius 2 is 1.18 bits per heavy atom. The second kappa shape index (κ2) is 4.38. The predicted octanol–water partition coefficient (Wildman–Crippen LogP) is 5.77. The Hall–Kier alpha value is -2.73. The number of hydrogen-bond acceptors (Lipinski definition) is 0. The highest BCUT2D eigenvalue weighted by Crippen LogP contribution is 2.43. The molecule has 4 aromatic carbocycles. The molecule has 0 N–H and O–H groups in total. The summed E-state index contributed by atoms with van der Waals surface area (Å²) in [6.45, 7) is 0. The fourth-order valence-electron chi connectivity index (χ4n) is 3.82. The number of rotatable bonds is 0. The number of benzene rings is 4. The minimum Gasteiger partial charge on any atom is -0.0618 e. The first-order chi connectivity index (χ1) is 10.9. The van der Waals surface area contributed by atoms with Crippen molar-refractivity contribution in [1.82, 2.24) is 0 Å². The minimum atomic E-state index is 1.02. The zero-order chi connectivity index (χ0) is 14.5. The molecule has 0 aliphatic heterocycles. The van der Waals surface area contributed by atoms with Gasteiger partial charge in [0.2, 0.25) is 0 Å². The zero-order valence-electron chi connectivity index (χ0n) is 12.2. The molecule has 0 spiro atoms. The van der Waals surface area contributed by atoms with Gasteiger partial charge in [-0.05, 0) is 29.8 Å². The van der Waals surface area contributed by atoms with Gasteiger partial charge >= 0.3 is 0 Å². The third-order valence-electron chi connectivity index (χ3n) is 4.79. The Labute approximate surface area is 130 Å². The van der Waals surface area contributed by atoms with Gasteiger partial charge in [0.1, 0.15) is 11.1 Å². The Bertz CT molecular complexity index is 1020. The van der Waals surface area contributed by atoms with Crippen molar-refractivity contribution in [2.45, 2.75) is 6.42 Å². The van der Waals surface area contributed by atoms with Crippen LogP contribution in [-0.4, -0.2) is 0 Å². The van der Waals surface area contributed by atoms with Crippen molar-refractivity contribution in [2.75, 3.05) is 0 Å². The van der Waals surface area contributed by atoms with Gasteiger partial charge in [0.05, 0.1) is 5.39 Å². The fourth-order valence-corrected chi connectivity index (χ4v) is 3.82. The van der Waals surface area contributed by atoms with Crippen molar-refractivity contribution in [1.29, 1.82) is 0 Å². The highest BCUT2D eigenvalue weighted by atomic mass is 14.2. The average Bonchev–Trinajstić information content (AvgIpc) is 2.61. The summed E-state index contributed by atoms with van der Waals surface area (Å²) in [6, 6.07) is 26.4. The Kier molecular flexibility index (Phi) is 2.37. The van der Waals surface area contributed by atoms with Crippen LogP contribution in [0.1, 0.15) is 11.1 Å². The molecule has 5 rings (SSSR count). The normalized spacial score (nSPS) is 12.7. The molecule has 4 aromatic rings. The van der Waals surface area contributed by atoms with Crippen LogP contribution in [0, 0.1) is 6.42 Å². The lowest BCUT2D eigenvalue weighted by molar-refractivity contribution is 1.15. The van der Waals surface area contributed by atoms with Crippen LogP contribution in [0.4, 0.5) is 0 Å². The molecule has 1 aliphatic rings. The summed E-state index contributed by atoms with van der Waals surface area (Å²) in [5.41, 5.74) is 5.61. The van der Waals surface area contributed by atoms with Crippen molar-refractivity contribution in [2.24, 2.45) is 0 Å². The van der Waals surface area contributed by atoms with Crippen molar-refractivity contribution < 1.29 is 0 Å². The van der Waals surface area contributed by atoms with Crippen LogP contribution in [0.2, 0.25) is 0 Å². The highest BCUT2D eigenvalue weighted by Gasteiger charge is 2.28. The Balaban J connectivity index is 2.07. The standard InChI is InChI=1S/C22H15/c1-2-8-16-15(7-1)13-14-21-19-11-4-3-9-17(19)18-10-5-6-12-20(18)22(16)21/h1-12,14H,13H2/q+1. The molecular formula is C22H15+. The van der Waals surface area contributed by atoms with E-state index in [-0.39, 0.29) is 0 Å². The first kappa shape index (κ1) is 11.9. The molecule has 0 radical (unpaired) electrons. The summed E-state index contributed by atoms with van der Waals surface area (Å²) in [5, 5.41) is 5.43. The molecule has 1 aliphatic carbocycles. The molecule has 0 unspecified atom stereocenters. The van der Waals surface area contributed by atoms with Gasteiger partial charge in [-0.2, -0.15) is 0 Å². The second-order valence-corrected chi connectivity index (χ2v) is 5.95. The SMILES string of the molecule is c1ccc2c(c1)C[CH+]c1c-2c2ccccc2c2ccccc12. The number of hydrogen-bond donors (Lipinski definition) is 0. The van der Waals surface area contributed by atoms with E-state index in [0.717, 1.165) is 6.42 Å². The lowest BCUT2D eigenvalue weighted by atomic mass is 9.80. The maximum absolute atomic E-state index is 2.40. The van der Waals surface area contributed by atoms with Crippen molar-refractivity contribution in [3.05, 3.63) is 90.3 Å². The van der Waals surface area contributed by atoms with Crippen LogP contribution in [-0.2, 0) is 6.42 Å². The van der Waals surface area contributed by atoms with Crippen molar-refractivity contribution in [3.8, 4) is 11.1 Å². The van der Waals surface area contributed by atoms with Gasteiger partial charge in [-0.3, -0.25) is 0 Å². The molecule has 0 saturated heterocycles. The zero-order valence-corrected chi connectivity index (χ0v) is 12.2. The first-order valence-corrected chi connectivity index (χ1v) is 7.78. The summed E-state index contributed by atoms with van der Waals surface area (Å²) in [4.78, 5) is 0. The molecule has 0 heterocycles. The summed E-state index contributed by atoms with van der Waals surface area (Å²) in [5.74, 6) is 0. The van der Waals surface area contributed by atoms with E-state index in [0.29, 0.717) is 0 Å². The topological polar surface area (TPSA) is 0 Å². The molecule has 0 atom stereocenters. The monoisotopic (exact) mass is 279 g/mol. The van der Waals surface area contributed by atoms with E-state index < -0.39 is 0 Å². The summed E-state index contributed by atoms with van der Waals surface area (Å²) in [7, 11) is 0. The lowest BCUT2D eigenvalue weighted by Crippen LogP contribution is -2.03. The van der Waals surface area contributed by atoms with Crippen LogP contribution >= 0.6 is 0 Å². The van der Waals surface area contributed by atoms with Gasteiger partial charge in [0.25, 0.3) is 0 Å². The van der Waals surface area contributed by atoms with Crippen molar-refractivity contribution in [3.63, 3.8) is 0 Å². The number of fused-ring (bicyclic) bond motifs is 8. The molecular weight excluding hydrogens is 264 g/mol. The highest BCUT2D eigenvalue weighted by molar-refractivity contribution is 6.17. The second-order valence-electron chi connectivity index (χ2n) is 5.95. The Morgan fingerprint density at radius 1 is 0.591 bits per heavy atom. The van der Waals surface area contributed by atoms with E-state index in [1.165, 1.54) is 43.8 Å². The van der Waals surface area contributed by atoms with E-state index in [1.54, 1.807) is 0 Å². The van der Waals surface area contributed by atoms with Gasteiger partial charge in [-0.1, -0.05) is 42.5 Å². The van der Waals surface area contributed by atoms with Crippen LogP contribution in [0.15, 0.2) is 72.8 Å².